The number of aromatic nitrogens is 2. The van der Waals surface area contributed by atoms with Gasteiger partial charge in [-0.1, -0.05) is 5.16 Å². The monoisotopic (exact) mass is 254 g/mol. The summed E-state index contributed by atoms with van der Waals surface area (Å²) >= 11 is 0. The molecule has 0 amide bonds. The van der Waals surface area contributed by atoms with Crippen LogP contribution in [0.5, 0.6) is 0 Å². The van der Waals surface area contributed by atoms with E-state index in [0.29, 0.717) is 18.7 Å². The van der Waals surface area contributed by atoms with Gasteiger partial charge in [0, 0.05) is 19.6 Å². The largest absolute Gasteiger partial charge is 0.396 e. The number of aliphatic hydroxyl groups is 1. The van der Waals surface area contributed by atoms with Crippen molar-refractivity contribution < 1.29 is 9.63 Å². The van der Waals surface area contributed by atoms with E-state index in [2.05, 4.69) is 34.0 Å². The van der Waals surface area contributed by atoms with Crippen LogP contribution >= 0.6 is 0 Å². The van der Waals surface area contributed by atoms with E-state index >= 15 is 0 Å². The number of aryl methyl sites for hydroxylation is 1. The molecule has 0 spiro atoms. The molecule has 1 saturated heterocycles. The van der Waals surface area contributed by atoms with Crippen LogP contribution in [0, 0.1) is 0 Å². The summed E-state index contributed by atoms with van der Waals surface area (Å²) in [4.78, 5) is 9.03. The van der Waals surface area contributed by atoms with Crippen LogP contribution in [0.2, 0.25) is 0 Å². The number of hydrogen-bond donors (Lipinski definition) is 1. The molecule has 1 N–H and O–H groups in total. The molecular weight excluding hydrogens is 232 g/mol. The van der Waals surface area contributed by atoms with Gasteiger partial charge >= 0.3 is 0 Å². The average Bonchev–Trinajstić information content (AvgIpc) is 2.75. The summed E-state index contributed by atoms with van der Waals surface area (Å²) < 4.78 is 5.23. The first kappa shape index (κ1) is 13.5. The van der Waals surface area contributed by atoms with Gasteiger partial charge in [0.15, 0.2) is 5.82 Å². The molecular formula is C12H22N4O2. The van der Waals surface area contributed by atoms with Gasteiger partial charge < -0.3 is 14.5 Å². The van der Waals surface area contributed by atoms with Crippen LogP contribution < -0.4 is 0 Å². The van der Waals surface area contributed by atoms with E-state index in [0.717, 1.165) is 25.5 Å². The van der Waals surface area contributed by atoms with Crippen LogP contribution in [0.25, 0.3) is 0 Å². The van der Waals surface area contributed by atoms with Gasteiger partial charge in [0.25, 0.3) is 0 Å². The Kier molecular flexibility index (Phi) is 4.68. The fourth-order valence-corrected chi connectivity index (χ4v) is 2.29. The highest BCUT2D eigenvalue weighted by Crippen LogP contribution is 2.20. The van der Waals surface area contributed by atoms with Gasteiger partial charge in [0.05, 0.1) is 6.04 Å². The Hall–Kier alpha value is -0.980. The molecule has 0 saturated carbocycles. The van der Waals surface area contributed by atoms with Crippen molar-refractivity contribution in [2.24, 2.45) is 0 Å². The highest BCUT2D eigenvalue weighted by molar-refractivity contribution is 4.97. The lowest BCUT2D eigenvalue weighted by atomic mass is 10.2. The summed E-state index contributed by atoms with van der Waals surface area (Å²) in [6.45, 7) is 3.24. The Morgan fingerprint density at radius 1 is 1.39 bits per heavy atom. The first-order valence-corrected chi connectivity index (χ1v) is 6.53. The van der Waals surface area contributed by atoms with Crippen LogP contribution in [-0.2, 0) is 6.42 Å². The zero-order valence-electron chi connectivity index (χ0n) is 11.2. The van der Waals surface area contributed by atoms with E-state index in [1.807, 2.05) is 0 Å². The number of hydrogen-bond acceptors (Lipinski definition) is 6. The standard InChI is InChI=1S/C12H22N4O2/c1-15-6-4-7-16(2)10(9-15)12-13-11(18-14-12)5-3-8-17/h10,17H,3-9H2,1-2H3. The third-order valence-electron chi connectivity index (χ3n) is 3.40. The quantitative estimate of drug-likeness (QED) is 0.834. The fraction of sp³-hybridized carbons (Fsp3) is 0.833. The highest BCUT2D eigenvalue weighted by Gasteiger charge is 2.26. The zero-order chi connectivity index (χ0) is 13.0. The first-order valence-electron chi connectivity index (χ1n) is 6.53. The second kappa shape index (κ2) is 6.26. The Morgan fingerprint density at radius 3 is 3.00 bits per heavy atom. The third kappa shape index (κ3) is 3.28. The van der Waals surface area contributed by atoms with E-state index in [1.54, 1.807) is 0 Å². The molecule has 1 unspecified atom stereocenters. The maximum Gasteiger partial charge on any atom is 0.226 e. The Bertz CT molecular complexity index is 369. The van der Waals surface area contributed by atoms with Crippen LogP contribution in [0.3, 0.4) is 0 Å². The van der Waals surface area contributed by atoms with Crippen LogP contribution in [0.4, 0.5) is 0 Å². The van der Waals surface area contributed by atoms with Gasteiger partial charge in [0.1, 0.15) is 0 Å². The molecule has 1 aromatic heterocycles. The van der Waals surface area contributed by atoms with E-state index in [-0.39, 0.29) is 12.6 Å². The smallest absolute Gasteiger partial charge is 0.226 e. The van der Waals surface area contributed by atoms with Crippen LogP contribution in [0.15, 0.2) is 4.52 Å². The maximum atomic E-state index is 8.79. The molecule has 0 bridgehead atoms. The highest BCUT2D eigenvalue weighted by atomic mass is 16.5. The summed E-state index contributed by atoms with van der Waals surface area (Å²) in [5.74, 6) is 1.39. The number of rotatable bonds is 4. The second-order valence-corrected chi connectivity index (χ2v) is 4.99. The maximum absolute atomic E-state index is 8.79. The molecule has 1 fully saturated rings. The van der Waals surface area contributed by atoms with E-state index in [4.69, 9.17) is 9.63 Å². The van der Waals surface area contributed by atoms with Gasteiger partial charge in [0.2, 0.25) is 5.89 Å². The topological polar surface area (TPSA) is 65.6 Å². The number of aliphatic hydroxyl groups excluding tert-OH is 1. The predicted molar refractivity (Wildman–Crippen MR) is 67.2 cm³/mol. The minimum Gasteiger partial charge on any atom is -0.396 e. The van der Waals surface area contributed by atoms with Crippen molar-refractivity contribution in [1.82, 2.24) is 19.9 Å². The molecule has 0 aliphatic carbocycles. The van der Waals surface area contributed by atoms with Gasteiger partial charge in [-0.25, -0.2) is 0 Å². The van der Waals surface area contributed by atoms with Crippen molar-refractivity contribution >= 4 is 0 Å². The van der Waals surface area contributed by atoms with Crippen LogP contribution in [0.1, 0.15) is 30.6 Å². The number of likely N-dealkylation sites (N-methyl/N-ethyl adjacent to an activating group) is 2. The minimum atomic E-state index is 0.157. The van der Waals surface area contributed by atoms with Gasteiger partial charge in [-0.3, -0.25) is 4.90 Å². The van der Waals surface area contributed by atoms with E-state index in [1.165, 1.54) is 6.42 Å². The third-order valence-corrected chi connectivity index (χ3v) is 3.40. The average molecular weight is 254 g/mol. The molecule has 2 rings (SSSR count). The molecule has 1 aromatic rings. The van der Waals surface area contributed by atoms with Crippen molar-refractivity contribution in [3.05, 3.63) is 11.7 Å². The van der Waals surface area contributed by atoms with Gasteiger partial charge in [-0.15, -0.1) is 0 Å². The molecule has 0 aromatic carbocycles. The van der Waals surface area contributed by atoms with Crippen molar-refractivity contribution in [2.75, 3.05) is 40.3 Å². The molecule has 1 aliphatic rings. The van der Waals surface area contributed by atoms with Crippen molar-refractivity contribution in [1.29, 1.82) is 0 Å². The van der Waals surface area contributed by atoms with E-state index < -0.39 is 0 Å². The van der Waals surface area contributed by atoms with Gasteiger partial charge in [-0.2, -0.15) is 4.98 Å². The molecule has 6 nitrogen and oxygen atoms in total. The Balaban J connectivity index is 2.05. The zero-order valence-corrected chi connectivity index (χ0v) is 11.2. The summed E-state index contributed by atoms with van der Waals surface area (Å²) in [6, 6.07) is 0.198. The Morgan fingerprint density at radius 2 is 2.22 bits per heavy atom. The summed E-state index contributed by atoms with van der Waals surface area (Å²) in [5, 5.41) is 12.9. The lowest BCUT2D eigenvalue weighted by molar-refractivity contribution is 0.214. The molecule has 1 aliphatic heterocycles. The Labute approximate surface area is 108 Å². The second-order valence-electron chi connectivity index (χ2n) is 4.99. The molecule has 18 heavy (non-hydrogen) atoms. The summed E-state index contributed by atoms with van der Waals surface area (Å²) in [6.07, 6.45) is 2.48. The molecule has 102 valence electrons. The normalized spacial score (nSPS) is 23.2. The summed E-state index contributed by atoms with van der Waals surface area (Å²) in [5.41, 5.74) is 0. The first-order chi connectivity index (χ1) is 8.70. The van der Waals surface area contributed by atoms with Crippen molar-refractivity contribution in [3.8, 4) is 0 Å². The number of nitrogens with zero attached hydrogens (tertiary/aromatic N) is 4. The SMILES string of the molecule is CN1CCCN(C)C(c2noc(CCCO)n2)C1. The molecule has 2 heterocycles. The lowest BCUT2D eigenvalue weighted by Gasteiger charge is -2.24. The predicted octanol–water partition coefficient (Wildman–Crippen LogP) is 0.303. The van der Waals surface area contributed by atoms with Crippen molar-refractivity contribution in [2.45, 2.75) is 25.3 Å². The van der Waals surface area contributed by atoms with Gasteiger partial charge in [-0.05, 0) is 40.0 Å². The fourth-order valence-electron chi connectivity index (χ4n) is 2.29. The van der Waals surface area contributed by atoms with Crippen molar-refractivity contribution in [3.63, 3.8) is 0 Å². The lowest BCUT2D eigenvalue weighted by Crippen LogP contribution is -2.31. The minimum absolute atomic E-state index is 0.157. The summed E-state index contributed by atoms with van der Waals surface area (Å²) in [7, 11) is 4.23. The van der Waals surface area contributed by atoms with Crippen LogP contribution in [-0.4, -0.2) is 65.4 Å². The molecule has 0 radical (unpaired) electrons. The van der Waals surface area contributed by atoms with E-state index in [9.17, 15) is 0 Å². The molecule has 6 heteroatoms. The molecule has 1 atom stereocenters.